The standard InChI is InChI=1S/C27H31ClN2O5S2/c1-20-4-8-22(9-5-20)35-19-25-24-13-17-36-26(24)12-15-30(25)27(31)18-29(14-3-16-34-2)37(32,33)23-10-6-21(28)7-11-23/h4-11,13,17,25H,3,12,14-16,18-19H2,1-2H3/t25-/m0/s1. The first kappa shape index (κ1) is 27.6. The zero-order valence-electron chi connectivity index (χ0n) is 20.9. The molecule has 198 valence electrons. The second-order valence-corrected chi connectivity index (χ2v) is 12.3. The van der Waals surface area contributed by atoms with Crippen LogP contribution < -0.4 is 4.74 Å². The normalized spacial score (nSPS) is 15.6. The van der Waals surface area contributed by atoms with Crippen LogP contribution in [0.4, 0.5) is 0 Å². The van der Waals surface area contributed by atoms with Crippen LogP contribution >= 0.6 is 22.9 Å². The molecule has 0 bridgehead atoms. The molecule has 0 fully saturated rings. The van der Waals surface area contributed by atoms with Crippen molar-refractivity contribution >= 4 is 38.9 Å². The molecule has 4 rings (SSSR count). The second kappa shape index (κ2) is 12.4. The van der Waals surface area contributed by atoms with Crippen LogP contribution in [0.3, 0.4) is 0 Å². The van der Waals surface area contributed by atoms with Gasteiger partial charge in [-0.05, 0) is 73.2 Å². The van der Waals surface area contributed by atoms with Gasteiger partial charge < -0.3 is 14.4 Å². The number of aryl methyl sites for hydroxylation is 1. The zero-order chi connectivity index (χ0) is 26.4. The van der Waals surface area contributed by atoms with Gasteiger partial charge >= 0.3 is 0 Å². The van der Waals surface area contributed by atoms with Gasteiger partial charge in [-0.1, -0.05) is 29.3 Å². The van der Waals surface area contributed by atoms with Gasteiger partial charge in [-0.25, -0.2) is 8.42 Å². The molecule has 0 spiro atoms. The lowest BCUT2D eigenvalue weighted by Crippen LogP contribution is -2.48. The van der Waals surface area contributed by atoms with E-state index in [1.807, 2.05) is 42.6 Å². The van der Waals surface area contributed by atoms with Crippen molar-refractivity contribution in [2.45, 2.75) is 30.7 Å². The lowest BCUT2D eigenvalue weighted by molar-refractivity contribution is -0.135. The molecule has 0 aliphatic carbocycles. The summed E-state index contributed by atoms with van der Waals surface area (Å²) in [6.07, 6.45) is 1.19. The Balaban J connectivity index is 1.55. The van der Waals surface area contributed by atoms with Crippen LogP contribution in [-0.2, 0) is 26.0 Å². The van der Waals surface area contributed by atoms with Gasteiger partial charge in [0.25, 0.3) is 0 Å². The lowest BCUT2D eigenvalue weighted by Gasteiger charge is -2.37. The van der Waals surface area contributed by atoms with E-state index in [4.69, 9.17) is 21.1 Å². The first-order chi connectivity index (χ1) is 17.8. The van der Waals surface area contributed by atoms with E-state index in [2.05, 4.69) is 0 Å². The number of halogens is 1. The predicted molar refractivity (Wildman–Crippen MR) is 146 cm³/mol. The van der Waals surface area contributed by atoms with Gasteiger partial charge in [0.05, 0.1) is 17.5 Å². The van der Waals surface area contributed by atoms with Gasteiger partial charge in [0.2, 0.25) is 15.9 Å². The van der Waals surface area contributed by atoms with Crippen LogP contribution in [0.25, 0.3) is 0 Å². The van der Waals surface area contributed by atoms with E-state index in [-0.39, 0.29) is 36.5 Å². The molecule has 3 aromatic rings. The molecule has 1 atom stereocenters. The van der Waals surface area contributed by atoms with Crippen LogP contribution in [0.15, 0.2) is 64.9 Å². The molecule has 2 heterocycles. The van der Waals surface area contributed by atoms with Gasteiger partial charge in [-0.15, -0.1) is 11.3 Å². The van der Waals surface area contributed by atoms with Crippen molar-refractivity contribution in [3.05, 3.63) is 81.0 Å². The molecule has 0 N–H and O–H groups in total. The number of hydrogen-bond acceptors (Lipinski definition) is 6. The summed E-state index contributed by atoms with van der Waals surface area (Å²) in [7, 11) is -2.35. The Labute approximate surface area is 227 Å². The van der Waals surface area contributed by atoms with Crippen molar-refractivity contribution in [2.24, 2.45) is 0 Å². The number of carbonyl (C=O) groups is 1. The molecule has 1 aliphatic heterocycles. The number of thiophene rings is 1. The van der Waals surface area contributed by atoms with Crippen LogP contribution in [-0.4, -0.2) is 63.5 Å². The van der Waals surface area contributed by atoms with Gasteiger partial charge in [0.1, 0.15) is 12.4 Å². The van der Waals surface area contributed by atoms with Crippen LogP contribution in [0.1, 0.15) is 28.5 Å². The summed E-state index contributed by atoms with van der Waals surface area (Å²) in [5, 5.41) is 2.47. The number of fused-ring (bicyclic) bond motifs is 1. The monoisotopic (exact) mass is 562 g/mol. The predicted octanol–water partition coefficient (Wildman–Crippen LogP) is 4.94. The fourth-order valence-corrected chi connectivity index (χ4v) is 6.83. The highest BCUT2D eigenvalue weighted by atomic mass is 35.5. The third-order valence-electron chi connectivity index (χ3n) is 6.36. The van der Waals surface area contributed by atoms with Crippen molar-refractivity contribution in [1.82, 2.24) is 9.21 Å². The third kappa shape index (κ3) is 6.72. The van der Waals surface area contributed by atoms with Crippen molar-refractivity contribution in [2.75, 3.05) is 40.0 Å². The number of nitrogens with zero attached hydrogens (tertiary/aromatic N) is 2. The Bertz CT molecular complexity index is 1290. The van der Waals surface area contributed by atoms with E-state index in [1.54, 1.807) is 23.3 Å². The minimum atomic E-state index is -3.92. The number of carbonyl (C=O) groups excluding carboxylic acids is 1. The van der Waals surface area contributed by atoms with Crippen LogP contribution in [0, 0.1) is 6.92 Å². The summed E-state index contributed by atoms with van der Waals surface area (Å²) < 4.78 is 39.4. The molecule has 0 radical (unpaired) electrons. The maximum absolute atomic E-state index is 13.7. The number of amides is 1. The average molecular weight is 563 g/mol. The molecule has 1 amide bonds. The number of sulfonamides is 1. The van der Waals surface area contributed by atoms with E-state index >= 15 is 0 Å². The fourth-order valence-electron chi connectivity index (χ4n) is 4.35. The summed E-state index contributed by atoms with van der Waals surface area (Å²) in [6, 6.07) is 15.5. The maximum Gasteiger partial charge on any atom is 0.243 e. The van der Waals surface area contributed by atoms with Crippen molar-refractivity contribution in [3.63, 3.8) is 0 Å². The fraction of sp³-hybridized carbons (Fsp3) is 0.370. The van der Waals surface area contributed by atoms with E-state index < -0.39 is 10.0 Å². The average Bonchev–Trinajstić information content (AvgIpc) is 3.37. The molecule has 0 saturated carbocycles. The molecule has 2 aromatic carbocycles. The number of methoxy groups -OCH3 is 1. The highest BCUT2D eigenvalue weighted by Crippen LogP contribution is 2.34. The molecular formula is C27H31ClN2O5S2. The molecular weight excluding hydrogens is 532 g/mol. The van der Waals surface area contributed by atoms with E-state index in [1.165, 1.54) is 33.4 Å². The Morgan fingerprint density at radius 1 is 1.14 bits per heavy atom. The van der Waals surface area contributed by atoms with E-state index in [0.717, 1.165) is 23.3 Å². The molecule has 10 heteroatoms. The summed E-state index contributed by atoms with van der Waals surface area (Å²) >= 11 is 7.63. The highest BCUT2D eigenvalue weighted by molar-refractivity contribution is 7.89. The molecule has 37 heavy (non-hydrogen) atoms. The third-order valence-corrected chi connectivity index (χ3v) is 9.47. The van der Waals surface area contributed by atoms with Gasteiger partial charge in [-0.2, -0.15) is 4.31 Å². The smallest absolute Gasteiger partial charge is 0.243 e. The molecule has 1 aromatic heterocycles. The van der Waals surface area contributed by atoms with E-state index in [9.17, 15) is 13.2 Å². The van der Waals surface area contributed by atoms with E-state index in [0.29, 0.717) is 24.6 Å². The van der Waals surface area contributed by atoms with Crippen molar-refractivity contribution in [1.29, 1.82) is 0 Å². The van der Waals surface area contributed by atoms with Crippen LogP contribution in [0.2, 0.25) is 5.02 Å². The molecule has 0 saturated heterocycles. The summed E-state index contributed by atoms with van der Waals surface area (Å²) in [5.74, 6) is 0.469. The Hall–Kier alpha value is -2.43. The first-order valence-corrected chi connectivity index (χ1v) is 14.8. The number of benzene rings is 2. The largest absolute Gasteiger partial charge is 0.491 e. The highest BCUT2D eigenvalue weighted by Gasteiger charge is 2.35. The van der Waals surface area contributed by atoms with Gasteiger partial charge in [0, 0.05) is 36.7 Å². The van der Waals surface area contributed by atoms with Crippen molar-refractivity contribution < 1.29 is 22.7 Å². The Morgan fingerprint density at radius 3 is 2.57 bits per heavy atom. The summed E-state index contributed by atoms with van der Waals surface area (Å²) in [6.45, 7) is 3.07. The summed E-state index contributed by atoms with van der Waals surface area (Å²) in [4.78, 5) is 16.8. The molecule has 7 nitrogen and oxygen atoms in total. The maximum atomic E-state index is 13.7. The SMILES string of the molecule is COCCCN(CC(=O)N1CCc2sccc2[C@@H]1COc1ccc(C)cc1)S(=O)(=O)c1ccc(Cl)cc1. The van der Waals surface area contributed by atoms with Crippen molar-refractivity contribution in [3.8, 4) is 5.75 Å². The number of rotatable bonds is 11. The first-order valence-electron chi connectivity index (χ1n) is 12.1. The number of ether oxygens (including phenoxy) is 2. The minimum Gasteiger partial charge on any atom is -0.491 e. The van der Waals surface area contributed by atoms with Gasteiger partial charge in [-0.3, -0.25) is 4.79 Å². The molecule has 1 aliphatic rings. The lowest BCUT2D eigenvalue weighted by atomic mass is 10.0. The van der Waals surface area contributed by atoms with Gasteiger partial charge in [0.15, 0.2) is 0 Å². The quantitative estimate of drug-likeness (QED) is 0.309. The number of hydrogen-bond donors (Lipinski definition) is 0. The Morgan fingerprint density at radius 2 is 1.86 bits per heavy atom. The Kier molecular flexibility index (Phi) is 9.26. The molecule has 0 unspecified atom stereocenters. The summed E-state index contributed by atoms with van der Waals surface area (Å²) in [5.41, 5.74) is 2.20. The van der Waals surface area contributed by atoms with Crippen LogP contribution in [0.5, 0.6) is 5.75 Å². The topological polar surface area (TPSA) is 76.2 Å². The minimum absolute atomic E-state index is 0.0973. The zero-order valence-corrected chi connectivity index (χ0v) is 23.3. The second-order valence-electron chi connectivity index (χ2n) is 8.91.